The number of halogens is 1. The topological polar surface area (TPSA) is 54.3 Å². The van der Waals surface area contributed by atoms with Crippen molar-refractivity contribution < 1.29 is 9.90 Å². The third-order valence-corrected chi connectivity index (χ3v) is 4.30. The molecule has 1 aliphatic carbocycles. The molecular weight excluding hydrogens is 320 g/mol. The molecular formula is C15H23BrN2O2. The van der Waals surface area contributed by atoms with E-state index in [2.05, 4.69) is 28.2 Å². The molecule has 0 radical (unpaired) electrons. The van der Waals surface area contributed by atoms with Gasteiger partial charge in [-0.3, -0.25) is 4.79 Å². The van der Waals surface area contributed by atoms with Gasteiger partial charge in [0.2, 0.25) is 0 Å². The van der Waals surface area contributed by atoms with Gasteiger partial charge in [-0.05, 0) is 53.6 Å². The lowest BCUT2D eigenvalue weighted by Crippen LogP contribution is -2.33. The zero-order valence-electron chi connectivity index (χ0n) is 11.9. The number of aliphatic hydroxyl groups is 1. The number of aliphatic hydroxyl groups excluding tert-OH is 1. The normalized spacial score (nSPS) is 22.8. The lowest BCUT2D eigenvalue weighted by atomic mass is 9.87. The quantitative estimate of drug-likeness (QED) is 0.864. The molecule has 0 spiro atoms. The van der Waals surface area contributed by atoms with E-state index in [1.54, 1.807) is 0 Å². The van der Waals surface area contributed by atoms with Gasteiger partial charge in [-0.1, -0.05) is 13.3 Å². The first kappa shape index (κ1) is 15.6. The number of carbonyl (C=O) groups excluding carboxylic acids is 1. The highest BCUT2D eigenvalue weighted by Gasteiger charge is 2.21. The van der Waals surface area contributed by atoms with E-state index in [9.17, 15) is 9.90 Å². The van der Waals surface area contributed by atoms with Crippen molar-refractivity contribution >= 4 is 21.8 Å². The molecule has 5 heteroatoms. The molecule has 1 aromatic heterocycles. The van der Waals surface area contributed by atoms with Gasteiger partial charge in [-0.15, -0.1) is 0 Å². The molecule has 1 heterocycles. The van der Waals surface area contributed by atoms with Crippen molar-refractivity contribution in [3.05, 3.63) is 22.4 Å². The highest BCUT2D eigenvalue weighted by atomic mass is 79.9. The number of hydrogen-bond donors (Lipinski definition) is 2. The van der Waals surface area contributed by atoms with Gasteiger partial charge in [0.15, 0.2) is 0 Å². The lowest BCUT2D eigenvalue weighted by Gasteiger charge is -2.25. The van der Waals surface area contributed by atoms with E-state index in [0.717, 1.165) is 43.1 Å². The lowest BCUT2D eigenvalue weighted by molar-refractivity contribution is 0.0867. The summed E-state index contributed by atoms with van der Waals surface area (Å²) in [4.78, 5) is 12.3. The van der Waals surface area contributed by atoms with Crippen LogP contribution < -0.4 is 5.32 Å². The molecule has 2 rings (SSSR count). The average molecular weight is 343 g/mol. The van der Waals surface area contributed by atoms with E-state index in [4.69, 9.17) is 0 Å². The van der Waals surface area contributed by atoms with Crippen LogP contribution in [0.5, 0.6) is 0 Å². The summed E-state index contributed by atoms with van der Waals surface area (Å²) >= 11 is 3.42. The second kappa shape index (κ2) is 7.27. The smallest absolute Gasteiger partial charge is 0.267 e. The molecule has 0 bridgehead atoms. The van der Waals surface area contributed by atoms with Crippen molar-refractivity contribution in [2.24, 2.45) is 5.92 Å². The van der Waals surface area contributed by atoms with Crippen molar-refractivity contribution in [3.63, 3.8) is 0 Å². The number of aromatic nitrogens is 1. The van der Waals surface area contributed by atoms with Crippen LogP contribution in [0, 0.1) is 5.92 Å². The van der Waals surface area contributed by atoms with Crippen LogP contribution in [0.4, 0.5) is 0 Å². The zero-order valence-corrected chi connectivity index (χ0v) is 13.5. The number of carbonyl (C=O) groups is 1. The second-order valence-electron chi connectivity index (χ2n) is 5.63. The predicted octanol–water partition coefficient (Wildman–Crippen LogP) is 2.94. The Morgan fingerprint density at radius 3 is 3.05 bits per heavy atom. The Morgan fingerprint density at radius 2 is 2.35 bits per heavy atom. The molecule has 1 saturated carbocycles. The maximum absolute atomic E-state index is 12.3. The van der Waals surface area contributed by atoms with Crippen LogP contribution in [0.15, 0.2) is 16.7 Å². The van der Waals surface area contributed by atoms with Crippen LogP contribution in [-0.4, -0.2) is 28.2 Å². The van der Waals surface area contributed by atoms with Crippen molar-refractivity contribution in [3.8, 4) is 0 Å². The summed E-state index contributed by atoms with van der Waals surface area (Å²) in [6.45, 7) is 3.60. The fraction of sp³-hybridized carbons (Fsp3) is 0.667. The third-order valence-electron chi connectivity index (χ3n) is 3.87. The molecule has 2 atom stereocenters. The SMILES string of the molecule is CCCn1cc(Br)cc1C(=O)NCC1CCCC(O)C1. The van der Waals surface area contributed by atoms with Crippen molar-refractivity contribution in [2.45, 2.75) is 51.7 Å². The van der Waals surface area contributed by atoms with Gasteiger partial charge < -0.3 is 15.0 Å². The maximum Gasteiger partial charge on any atom is 0.267 e. The van der Waals surface area contributed by atoms with Crippen LogP contribution in [0.3, 0.4) is 0 Å². The molecule has 1 aliphatic rings. The zero-order chi connectivity index (χ0) is 14.5. The van der Waals surface area contributed by atoms with Crippen LogP contribution in [-0.2, 0) is 6.54 Å². The monoisotopic (exact) mass is 342 g/mol. The summed E-state index contributed by atoms with van der Waals surface area (Å²) in [7, 11) is 0. The first-order chi connectivity index (χ1) is 9.60. The van der Waals surface area contributed by atoms with Crippen LogP contribution in [0.1, 0.15) is 49.5 Å². The molecule has 112 valence electrons. The van der Waals surface area contributed by atoms with E-state index in [-0.39, 0.29) is 12.0 Å². The standard InChI is InChI=1S/C15H23BrN2O2/c1-2-6-18-10-12(16)8-14(18)15(20)17-9-11-4-3-5-13(19)7-11/h8,10-11,13,19H,2-7,9H2,1H3,(H,17,20). The highest BCUT2D eigenvalue weighted by molar-refractivity contribution is 9.10. The Balaban J connectivity index is 1.91. The molecule has 1 amide bonds. The van der Waals surface area contributed by atoms with E-state index in [0.29, 0.717) is 18.2 Å². The number of rotatable bonds is 5. The van der Waals surface area contributed by atoms with Gasteiger partial charge in [-0.2, -0.15) is 0 Å². The first-order valence-corrected chi connectivity index (χ1v) is 8.21. The summed E-state index contributed by atoms with van der Waals surface area (Å²) in [5, 5.41) is 12.7. The molecule has 1 fully saturated rings. The third kappa shape index (κ3) is 4.09. The number of aryl methyl sites for hydroxylation is 1. The number of nitrogens with zero attached hydrogens (tertiary/aromatic N) is 1. The Morgan fingerprint density at radius 1 is 1.55 bits per heavy atom. The number of hydrogen-bond acceptors (Lipinski definition) is 2. The minimum Gasteiger partial charge on any atom is -0.393 e. The predicted molar refractivity (Wildman–Crippen MR) is 82.7 cm³/mol. The summed E-state index contributed by atoms with van der Waals surface area (Å²) in [6, 6.07) is 1.86. The molecule has 20 heavy (non-hydrogen) atoms. The first-order valence-electron chi connectivity index (χ1n) is 7.42. The molecule has 2 N–H and O–H groups in total. The number of amides is 1. The summed E-state index contributed by atoms with van der Waals surface area (Å²) in [5.74, 6) is 0.380. The average Bonchev–Trinajstić information content (AvgIpc) is 2.78. The van der Waals surface area contributed by atoms with Crippen molar-refractivity contribution in [1.29, 1.82) is 0 Å². The van der Waals surface area contributed by atoms with Gasteiger partial charge in [-0.25, -0.2) is 0 Å². The van der Waals surface area contributed by atoms with E-state index < -0.39 is 0 Å². The summed E-state index contributed by atoms with van der Waals surface area (Å²) < 4.78 is 2.92. The Labute approximate surface area is 128 Å². The molecule has 4 nitrogen and oxygen atoms in total. The Bertz CT molecular complexity index is 459. The van der Waals surface area contributed by atoms with E-state index >= 15 is 0 Å². The Hall–Kier alpha value is -0.810. The molecule has 0 saturated heterocycles. The van der Waals surface area contributed by atoms with Gasteiger partial charge in [0, 0.05) is 23.8 Å². The molecule has 1 aromatic rings. The second-order valence-corrected chi connectivity index (χ2v) is 6.55. The van der Waals surface area contributed by atoms with Crippen molar-refractivity contribution in [1.82, 2.24) is 9.88 Å². The highest BCUT2D eigenvalue weighted by Crippen LogP contribution is 2.23. The van der Waals surface area contributed by atoms with Gasteiger partial charge >= 0.3 is 0 Å². The molecule has 0 aromatic carbocycles. The van der Waals surface area contributed by atoms with Gasteiger partial charge in [0.05, 0.1) is 6.10 Å². The Kier molecular flexibility index (Phi) is 5.66. The van der Waals surface area contributed by atoms with Crippen molar-refractivity contribution in [2.75, 3.05) is 6.54 Å². The van der Waals surface area contributed by atoms with Crippen LogP contribution in [0.2, 0.25) is 0 Å². The van der Waals surface area contributed by atoms with Crippen LogP contribution in [0.25, 0.3) is 0 Å². The van der Waals surface area contributed by atoms with Gasteiger partial charge in [0.25, 0.3) is 5.91 Å². The summed E-state index contributed by atoms with van der Waals surface area (Å²) in [6.07, 6.45) is 6.61. The van der Waals surface area contributed by atoms with Gasteiger partial charge in [0.1, 0.15) is 5.69 Å². The minimum atomic E-state index is -0.191. The van der Waals surface area contributed by atoms with E-state index in [1.165, 1.54) is 0 Å². The summed E-state index contributed by atoms with van der Waals surface area (Å²) in [5.41, 5.74) is 0.704. The maximum atomic E-state index is 12.3. The molecule has 0 aliphatic heterocycles. The fourth-order valence-electron chi connectivity index (χ4n) is 2.87. The number of nitrogens with one attached hydrogen (secondary N) is 1. The molecule has 2 unspecified atom stereocenters. The van der Waals surface area contributed by atoms with E-state index in [1.807, 2.05) is 16.8 Å². The largest absolute Gasteiger partial charge is 0.393 e. The minimum absolute atomic E-state index is 0.0239. The van der Waals surface area contributed by atoms with Crippen LogP contribution >= 0.6 is 15.9 Å². The fourth-order valence-corrected chi connectivity index (χ4v) is 3.33.